The molecule has 7 heterocycles. The van der Waals surface area contributed by atoms with Crippen molar-refractivity contribution in [1.82, 2.24) is 5.32 Å². The second-order valence-electron chi connectivity index (χ2n) is 30.9. The lowest BCUT2D eigenvalue weighted by Crippen LogP contribution is -2.67. The number of hydrogen-bond donors (Lipinski definition) is 4. The summed E-state index contributed by atoms with van der Waals surface area (Å²) < 4.78 is 55.2. The van der Waals surface area contributed by atoms with Gasteiger partial charge in [-0.2, -0.15) is 0 Å². The molecule has 4 aromatic rings. The summed E-state index contributed by atoms with van der Waals surface area (Å²) in [6.07, 6.45) is -0.660. The molecule has 0 radical (unpaired) electrons. The van der Waals surface area contributed by atoms with Crippen LogP contribution >= 0.6 is 0 Å². The van der Waals surface area contributed by atoms with Crippen LogP contribution in [0.3, 0.4) is 0 Å². The van der Waals surface area contributed by atoms with Gasteiger partial charge in [-0.05, 0) is 126 Å². The SMILES string of the molecule is C=C1C(C)CC2CC[C@@H]3OC(CCC(=O)CC4OC5C(CC(C)(C)[Si](O)(c6ccccc6)c6ccccc6)[C@H]6OC(CCC6O[C@H]5C4CC(C)(C)[Si](O)(c4ccccc4)c4ccccc4)CC(=O)CC4[C@H](CC1O2)O[C@H](CC(O)CNC(=O)OC(C)(C)C)[C@@H]4OC)CC3=C. The number of carbonyl (C=O) groups excluding carboxylic acids is 3. The van der Waals surface area contributed by atoms with Gasteiger partial charge in [0.05, 0.1) is 85.5 Å². The Kier molecular flexibility index (Phi) is 21.9. The Bertz CT molecular complexity index is 3160. The second kappa shape index (κ2) is 29.2. The first-order valence-corrected chi connectivity index (χ1v) is 38.8. The molecule has 17 heteroatoms. The maximum Gasteiger partial charge on any atom is 0.407 e. The molecule has 4 aromatic carbocycles. The lowest BCUT2D eigenvalue weighted by molar-refractivity contribution is -0.242. The van der Waals surface area contributed by atoms with Crippen molar-refractivity contribution in [2.45, 2.75) is 253 Å². The molecule has 0 aliphatic carbocycles. The number of aliphatic hydroxyl groups excluding tert-OH is 1. The molecule has 7 aliphatic rings. The van der Waals surface area contributed by atoms with Gasteiger partial charge in [0.2, 0.25) is 0 Å². The van der Waals surface area contributed by atoms with Gasteiger partial charge in [-0.1, -0.05) is 169 Å². The number of benzene rings is 4. The lowest BCUT2D eigenvalue weighted by atomic mass is 9.74. The van der Waals surface area contributed by atoms with Gasteiger partial charge in [-0.25, -0.2) is 4.79 Å². The smallest absolute Gasteiger partial charge is 0.407 e. The van der Waals surface area contributed by atoms with E-state index in [9.17, 15) is 24.3 Å². The van der Waals surface area contributed by atoms with E-state index in [4.69, 9.17) is 37.9 Å². The third kappa shape index (κ3) is 15.2. The fourth-order valence-corrected chi connectivity index (χ4v) is 25.1. The topological polar surface area (TPSA) is 198 Å². The number of Topliss-reactive ketones (excluding diaryl/α,β-unsaturated/α-hetero) is 2. The fraction of sp³-hybridized carbons (Fsp3) is 0.597. The summed E-state index contributed by atoms with van der Waals surface area (Å²) in [4.78, 5) is 70.6. The fourth-order valence-electron chi connectivity index (χ4n) is 17.5. The zero-order valence-corrected chi connectivity index (χ0v) is 59.0. The van der Waals surface area contributed by atoms with Crippen LogP contribution in [0, 0.1) is 23.7 Å². The maximum absolute atomic E-state index is 15.2. The van der Waals surface area contributed by atoms with E-state index in [1.165, 1.54) is 0 Å². The number of aliphatic hydroxyl groups is 1. The molecular weight excluding hydrogens is 1220 g/mol. The van der Waals surface area contributed by atoms with Gasteiger partial charge in [0.1, 0.15) is 17.2 Å². The third-order valence-corrected chi connectivity index (χ3v) is 31.3. The summed E-state index contributed by atoms with van der Waals surface area (Å²) in [6.45, 7) is 25.3. The number of carbonyl (C=O) groups is 3. The molecule has 7 saturated heterocycles. The van der Waals surface area contributed by atoms with E-state index in [1.807, 2.05) is 121 Å². The molecule has 0 spiro atoms. The van der Waals surface area contributed by atoms with Crippen LogP contribution in [0.2, 0.25) is 10.1 Å². The van der Waals surface area contributed by atoms with Crippen molar-refractivity contribution in [3.05, 3.63) is 146 Å². The molecule has 1 amide bonds. The Morgan fingerprint density at radius 3 is 1.67 bits per heavy atom. The Labute approximate surface area is 560 Å². The summed E-state index contributed by atoms with van der Waals surface area (Å²) in [6, 6.07) is 40.2. The highest BCUT2D eigenvalue weighted by Crippen LogP contribution is 2.56. The maximum atomic E-state index is 15.2. The molecule has 0 saturated carbocycles. The van der Waals surface area contributed by atoms with Crippen LogP contribution < -0.4 is 26.1 Å². The van der Waals surface area contributed by atoms with E-state index in [0.717, 1.165) is 44.7 Å². The molecule has 7 aliphatic heterocycles. The van der Waals surface area contributed by atoms with Gasteiger partial charge < -0.3 is 57.9 Å². The molecule has 15 nitrogen and oxygen atoms in total. The number of amides is 1. The zero-order valence-electron chi connectivity index (χ0n) is 57.0. The minimum absolute atomic E-state index is 0.0139. The molecule has 94 heavy (non-hydrogen) atoms. The van der Waals surface area contributed by atoms with Crippen molar-refractivity contribution in [2.24, 2.45) is 23.7 Å². The highest BCUT2D eigenvalue weighted by molar-refractivity contribution is 6.99. The van der Waals surface area contributed by atoms with Crippen molar-refractivity contribution in [3.63, 3.8) is 0 Å². The van der Waals surface area contributed by atoms with Crippen LogP contribution in [-0.2, 0) is 47.5 Å². The Morgan fingerprint density at radius 2 is 1.11 bits per heavy atom. The predicted octanol–water partition coefficient (Wildman–Crippen LogP) is 10.2. The van der Waals surface area contributed by atoms with Crippen LogP contribution in [0.25, 0.3) is 0 Å². The zero-order chi connectivity index (χ0) is 66.9. The lowest BCUT2D eigenvalue weighted by Gasteiger charge is -2.52. The van der Waals surface area contributed by atoms with Crippen LogP contribution in [0.5, 0.6) is 0 Å². The Morgan fingerprint density at radius 1 is 0.585 bits per heavy atom. The summed E-state index contributed by atoms with van der Waals surface area (Å²) in [5.41, 5.74) is 1.27. The number of fused-ring (bicyclic) bond motifs is 7. The largest absolute Gasteiger partial charge is 0.444 e. The molecular formula is C77H105NO14Si2. The van der Waals surface area contributed by atoms with E-state index >= 15 is 4.79 Å². The quantitative estimate of drug-likeness (QED) is 0.0648. The average Bonchev–Trinajstić information content (AvgIpc) is 1.30. The number of alkyl carbamates (subject to hydrolysis) is 1. The predicted molar refractivity (Wildman–Crippen MR) is 369 cm³/mol. The average molecular weight is 1320 g/mol. The van der Waals surface area contributed by atoms with Crippen LogP contribution in [0.15, 0.2) is 146 Å². The van der Waals surface area contributed by atoms with Gasteiger partial charge in [0.25, 0.3) is 16.6 Å². The number of nitrogens with one attached hydrogen (secondary N) is 1. The molecule has 0 aromatic heterocycles. The van der Waals surface area contributed by atoms with E-state index in [2.05, 4.69) is 53.1 Å². The van der Waals surface area contributed by atoms with E-state index in [-0.39, 0.29) is 86.0 Å². The van der Waals surface area contributed by atoms with Crippen molar-refractivity contribution in [1.29, 1.82) is 0 Å². The summed E-state index contributed by atoms with van der Waals surface area (Å²) in [5, 5.41) is 16.3. The number of rotatable bonds is 15. The number of ketones is 2. The molecule has 18 atom stereocenters. The monoisotopic (exact) mass is 1320 g/mol. The molecule has 7 fully saturated rings. The van der Waals surface area contributed by atoms with Crippen molar-refractivity contribution in [2.75, 3.05) is 13.7 Å². The summed E-state index contributed by atoms with van der Waals surface area (Å²) in [5.74, 6) is -0.940. The first kappa shape index (κ1) is 70.3. The minimum Gasteiger partial charge on any atom is -0.444 e. The third-order valence-electron chi connectivity index (χ3n) is 22.3. The van der Waals surface area contributed by atoms with Crippen molar-refractivity contribution < 1.29 is 67.0 Å². The Hall–Kier alpha value is -5.00. The Balaban J connectivity index is 0.959. The highest BCUT2D eigenvalue weighted by Gasteiger charge is 2.63. The number of ether oxygens (including phenoxy) is 8. The van der Waals surface area contributed by atoms with Gasteiger partial charge in [0, 0.05) is 69.9 Å². The van der Waals surface area contributed by atoms with E-state index in [0.29, 0.717) is 57.8 Å². The van der Waals surface area contributed by atoms with Gasteiger partial charge in [-0.15, -0.1) is 0 Å². The summed E-state index contributed by atoms with van der Waals surface area (Å²) in [7, 11) is -5.66. The molecule has 12 unspecified atom stereocenters. The molecule has 510 valence electrons. The van der Waals surface area contributed by atoms with Crippen LogP contribution in [0.4, 0.5) is 4.79 Å². The van der Waals surface area contributed by atoms with E-state index < -0.39 is 105 Å². The standard InChI is InChI=1S/C77H105NO14Si2/c1-48-38-55-34-36-64-49(2)39-54(86-64)33-32-51(79)42-67-62(45-76(7,8)93(83,57-24-16-12-17-25-57)58-26-18-13-19-27-58)72-73(91-67)63(46-77(9,10)94(84,59-28-20-14-21-29-59)60-30-22-15-23-31-60)71-65(90-72)37-35-56(88-71)40-52(80)41-61-68(44-66(87-55)50(48)3)89-69(70(61)85-11)43-53(81)47-78-74(82)92-75(4,5)6/h12-31,48,53-56,61-73,81,83-84H,2-3,32-47H2,1,4-11H3,(H,78,82)/t48?,53?,54?,55?,56?,61?,62?,63?,64-,65?,66?,67?,68-,69+,70+,71+,72-,73?/m0/s1. The number of methoxy groups -OCH3 is 1. The second-order valence-corrected chi connectivity index (χ2v) is 38.8. The minimum atomic E-state index is -3.67. The van der Waals surface area contributed by atoms with Gasteiger partial charge in [-0.3, -0.25) is 9.59 Å². The molecule has 11 rings (SSSR count). The first-order valence-electron chi connectivity index (χ1n) is 34.9. The summed E-state index contributed by atoms with van der Waals surface area (Å²) >= 11 is 0. The highest BCUT2D eigenvalue weighted by atomic mass is 28.4. The normalized spacial score (nSPS) is 32.7. The van der Waals surface area contributed by atoms with Gasteiger partial charge in [0.15, 0.2) is 0 Å². The van der Waals surface area contributed by atoms with Crippen LogP contribution in [-0.4, -0.2) is 154 Å². The number of hydrogen-bond acceptors (Lipinski definition) is 14. The molecule has 8 bridgehead atoms. The van der Waals surface area contributed by atoms with Gasteiger partial charge >= 0.3 is 6.09 Å². The van der Waals surface area contributed by atoms with Crippen LogP contribution in [0.1, 0.15) is 152 Å². The van der Waals surface area contributed by atoms with Crippen molar-refractivity contribution >= 4 is 55.0 Å². The first-order chi connectivity index (χ1) is 44.7. The van der Waals surface area contributed by atoms with Crippen molar-refractivity contribution in [3.8, 4) is 0 Å². The van der Waals surface area contributed by atoms with E-state index in [1.54, 1.807) is 27.9 Å². The molecule has 4 N–H and O–H groups in total.